The zero-order valence-electron chi connectivity index (χ0n) is 11.8. The van der Waals surface area contributed by atoms with Crippen molar-refractivity contribution in [2.45, 2.75) is 38.9 Å². The van der Waals surface area contributed by atoms with E-state index in [0.717, 1.165) is 4.57 Å². The Balaban J connectivity index is 2.62. The Morgan fingerprint density at radius 3 is 2.59 bits per heavy atom. The summed E-state index contributed by atoms with van der Waals surface area (Å²) in [6.45, 7) is 1.17. The first-order valence-electron chi connectivity index (χ1n) is 6.78. The molecule has 1 aromatic heterocycles. The highest BCUT2D eigenvalue weighted by molar-refractivity contribution is 5.99. The summed E-state index contributed by atoms with van der Waals surface area (Å²) in [7, 11) is 0. The number of hydrogen-bond acceptors (Lipinski definition) is 4. The molecule has 2 rings (SSSR count). The van der Waals surface area contributed by atoms with E-state index < -0.39 is 41.2 Å². The molecule has 0 aliphatic heterocycles. The van der Waals surface area contributed by atoms with Crippen LogP contribution in [0.3, 0.4) is 0 Å². The minimum atomic E-state index is -4.79. The highest BCUT2D eigenvalue weighted by atomic mass is 19.4. The molecule has 0 atom stereocenters. The summed E-state index contributed by atoms with van der Waals surface area (Å²) in [5, 5.41) is 0. The quantitative estimate of drug-likeness (QED) is 0.799. The number of esters is 1. The van der Waals surface area contributed by atoms with E-state index in [9.17, 15) is 27.6 Å². The number of pyridine rings is 1. The molecule has 1 aromatic rings. The second-order valence-corrected chi connectivity index (χ2v) is 4.88. The normalized spacial score (nSPS) is 14.6. The van der Waals surface area contributed by atoms with Crippen molar-refractivity contribution < 1.29 is 27.5 Å². The van der Waals surface area contributed by atoms with Crippen molar-refractivity contribution in [3.63, 3.8) is 0 Å². The molecule has 1 aliphatic rings. The van der Waals surface area contributed by atoms with Gasteiger partial charge in [-0.3, -0.25) is 14.4 Å². The van der Waals surface area contributed by atoms with Crippen molar-refractivity contribution in [3.05, 3.63) is 33.2 Å². The fourth-order valence-electron chi connectivity index (χ4n) is 2.54. The van der Waals surface area contributed by atoms with Gasteiger partial charge in [-0.1, -0.05) is 0 Å². The molecule has 0 saturated carbocycles. The molecular formula is C14H14F3NO4. The largest absolute Gasteiger partial charge is 0.465 e. The first-order valence-corrected chi connectivity index (χ1v) is 6.78. The van der Waals surface area contributed by atoms with Gasteiger partial charge in [0.25, 0.3) is 5.56 Å². The van der Waals surface area contributed by atoms with E-state index in [1.165, 1.54) is 0 Å². The topological polar surface area (TPSA) is 65.4 Å². The molecule has 0 fully saturated rings. The van der Waals surface area contributed by atoms with E-state index in [2.05, 4.69) is 0 Å². The van der Waals surface area contributed by atoms with Gasteiger partial charge in [-0.2, -0.15) is 13.2 Å². The number of halogens is 3. The second kappa shape index (κ2) is 5.94. The van der Waals surface area contributed by atoms with Gasteiger partial charge in [0.05, 0.1) is 12.2 Å². The Kier molecular flexibility index (Phi) is 4.39. The van der Waals surface area contributed by atoms with E-state index in [-0.39, 0.29) is 25.1 Å². The average molecular weight is 317 g/mol. The third-order valence-electron chi connectivity index (χ3n) is 3.41. The van der Waals surface area contributed by atoms with Crippen LogP contribution in [0.2, 0.25) is 0 Å². The van der Waals surface area contributed by atoms with Gasteiger partial charge in [-0.15, -0.1) is 0 Å². The number of aromatic nitrogens is 1. The van der Waals surface area contributed by atoms with Crippen molar-refractivity contribution >= 4 is 11.8 Å². The van der Waals surface area contributed by atoms with Gasteiger partial charge >= 0.3 is 12.1 Å². The van der Waals surface area contributed by atoms with Crippen molar-refractivity contribution in [2.75, 3.05) is 6.61 Å². The predicted molar refractivity (Wildman–Crippen MR) is 69.6 cm³/mol. The third-order valence-corrected chi connectivity index (χ3v) is 3.41. The predicted octanol–water partition coefficient (Wildman–Crippen LogP) is 1.95. The van der Waals surface area contributed by atoms with Gasteiger partial charge in [0.15, 0.2) is 5.78 Å². The van der Waals surface area contributed by atoms with Gasteiger partial charge in [-0.05, 0) is 19.8 Å². The van der Waals surface area contributed by atoms with Crippen molar-refractivity contribution in [3.8, 4) is 0 Å². The van der Waals surface area contributed by atoms with Crippen LogP contribution in [0.4, 0.5) is 13.2 Å². The zero-order valence-corrected chi connectivity index (χ0v) is 11.8. The van der Waals surface area contributed by atoms with Gasteiger partial charge in [0.1, 0.15) is 6.54 Å². The lowest BCUT2D eigenvalue weighted by molar-refractivity contribution is -0.143. The van der Waals surface area contributed by atoms with Crippen LogP contribution in [0.15, 0.2) is 10.9 Å². The summed E-state index contributed by atoms with van der Waals surface area (Å²) in [6, 6.07) is 0.376. The number of Topliss-reactive ketones (excluding diaryl/α,β-unsaturated/α-hetero) is 1. The molecule has 0 aromatic carbocycles. The number of nitrogens with zero attached hydrogens (tertiary/aromatic N) is 1. The summed E-state index contributed by atoms with van der Waals surface area (Å²) in [5.41, 5.74) is -2.72. The van der Waals surface area contributed by atoms with Gasteiger partial charge in [0, 0.05) is 23.7 Å². The Morgan fingerprint density at radius 1 is 1.32 bits per heavy atom. The maximum absolute atomic E-state index is 13.1. The molecule has 0 bridgehead atoms. The minimum absolute atomic E-state index is 0.00626. The number of hydrogen-bond donors (Lipinski definition) is 0. The van der Waals surface area contributed by atoms with Crippen LogP contribution in [0, 0.1) is 0 Å². The highest BCUT2D eigenvalue weighted by Crippen LogP contribution is 2.35. The Bertz CT molecular complexity index is 676. The standard InChI is InChI=1S/C14H14F3NO4/c1-2-22-12(21)7-18-9-4-3-5-10(19)13(9)8(6-11(18)20)14(15,16)17/h6H,2-5,7H2,1H3. The molecule has 8 heteroatoms. The second-order valence-electron chi connectivity index (χ2n) is 4.88. The molecule has 1 aliphatic carbocycles. The molecule has 0 saturated heterocycles. The summed E-state index contributed by atoms with van der Waals surface area (Å²) >= 11 is 0. The van der Waals surface area contributed by atoms with Crippen molar-refractivity contribution in [1.82, 2.24) is 4.57 Å². The van der Waals surface area contributed by atoms with Gasteiger partial charge < -0.3 is 9.30 Å². The average Bonchev–Trinajstić information content (AvgIpc) is 2.41. The van der Waals surface area contributed by atoms with Crippen LogP contribution in [0.1, 0.15) is 41.4 Å². The molecule has 1 heterocycles. The van der Waals surface area contributed by atoms with E-state index in [4.69, 9.17) is 4.74 Å². The fourth-order valence-corrected chi connectivity index (χ4v) is 2.54. The molecule has 5 nitrogen and oxygen atoms in total. The number of alkyl halides is 3. The number of ether oxygens (including phenoxy) is 1. The number of ketones is 1. The SMILES string of the molecule is CCOC(=O)Cn1c2c(c(C(F)(F)F)cc1=O)C(=O)CCC2. The van der Waals surface area contributed by atoms with Crippen LogP contribution >= 0.6 is 0 Å². The van der Waals surface area contributed by atoms with E-state index in [1.807, 2.05) is 0 Å². The number of carbonyl (C=O) groups excluding carboxylic acids is 2. The molecule has 22 heavy (non-hydrogen) atoms. The zero-order chi connectivity index (χ0) is 16.5. The Morgan fingerprint density at radius 2 is 2.00 bits per heavy atom. The van der Waals surface area contributed by atoms with E-state index in [0.29, 0.717) is 12.5 Å². The smallest absolute Gasteiger partial charge is 0.417 e. The molecule has 120 valence electrons. The van der Waals surface area contributed by atoms with Crippen LogP contribution in [-0.4, -0.2) is 22.9 Å². The number of carbonyl (C=O) groups is 2. The number of fused-ring (bicyclic) bond motifs is 1. The molecule has 0 radical (unpaired) electrons. The molecule has 0 amide bonds. The van der Waals surface area contributed by atoms with E-state index in [1.54, 1.807) is 6.92 Å². The minimum Gasteiger partial charge on any atom is -0.465 e. The van der Waals surface area contributed by atoms with Crippen molar-refractivity contribution in [1.29, 1.82) is 0 Å². The lowest BCUT2D eigenvalue weighted by atomic mass is 9.90. The Hall–Kier alpha value is -2.12. The molecule has 0 spiro atoms. The first-order chi connectivity index (χ1) is 10.3. The maximum atomic E-state index is 13.1. The van der Waals surface area contributed by atoms with Crippen LogP contribution < -0.4 is 5.56 Å². The van der Waals surface area contributed by atoms with Crippen LogP contribution in [0.25, 0.3) is 0 Å². The summed E-state index contributed by atoms with van der Waals surface area (Å²) in [5.74, 6) is -1.39. The summed E-state index contributed by atoms with van der Waals surface area (Å²) in [6.07, 6.45) is -4.32. The monoisotopic (exact) mass is 317 g/mol. The van der Waals surface area contributed by atoms with Gasteiger partial charge in [-0.25, -0.2) is 0 Å². The highest BCUT2D eigenvalue weighted by Gasteiger charge is 2.39. The molecule has 0 N–H and O–H groups in total. The maximum Gasteiger partial charge on any atom is 0.417 e. The van der Waals surface area contributed by atoms with Crippen LogP contribution in [0.5, 0.6) is 0 Å². The Labute approximate surface area is 123 Å². The van der Waals surface area contributed by atoms with Crippen LogP contribution in [-0.2, 0) is 28.7 Å². The lowest BCUT2D eigenvalue weighted by Gasteiger charge is -2.23. The summed E-state index contributed by atoms with van der Waals surface area (Å²) in [4.78, 5) is 35.4. The number of rotatable bonds is 3. The summed E-state index contributed by atoms with van der Waals surface area (Å²) < 4.78 is 44.8. The van der Waals surface area contributed by atoms with E-state index >= 15 is 0 Å². The lowest BCUT2D eigenvalue weighted by Crippen LogP contribution is -2.34. The molecular weight excluding hydrogens is 303 g/mol. The molecule has 0 unspecified atom stereocenters. The first kappa shape index (κ1) is 16.3. The van der Waals surface area contributed by atoms with Crippen molar-refractivity contribution in [2.24, 2.45) is 0 Å². The third kappa shape index (κ3) is 3.05. The van der Waals surface area contributed by atoms with Gasteiger partial charge in [0.2, 0.25) is 0 Å². The fraction of sp³-hybridized carbons (Fsp3) is 0.500.